The van der Waals surface area contributed by atoms with Gasteiger partial charge >= 0.3 is 11.8 Å². The standard InChI is InChI=1S/C15H19N3O3/c1-11(2)20-10-6-9-16-13(19)15-18-17-14(21-15)12-7-4-3-5-8-12/h3-5,7-8,11H,6,9-10H2,1-2H3,(H,16,19). The fourth-order valence-electron chi connectivity index (χ4n) is 1.68. The molecular formula is C15H19N3O3. The average Bonchev–Trinajstić information content (AvgIpc) is 2.97. The van der Waals surface area contributed by atoms with Crippen LogP contribution >= 0.6 is 0 Å². The molecule has 21 heavy (non-hydrogen) atoms. The lowest BCUT2D eigenvalue weighted by Gasteiger charge is -2.07. The van der Waals surface area contributed by atoms with Crippen LogP contribution in [-0.4, -0.2) is 35.4 Å². The molecule has 0 aliphatic rings. The summed E-state index contributed by atoms with van der Waals surface area (Å²) in [6, 6.07) is 9.33. The number of carbonyl (C=O) groups excluding carboxylic acids is 1. The molecule has 1 heterocycles. The summed E-state index contributed by atoms with van der Waals surface area (Å²) >= 11 is 0. The summed E-state index contributed by atoms with van der Waals surface area (Å²) in [6.45, 7) is 5.07. The summed E-state index contributed by atoms with van der Waals surface area (Å²) in [4.78, 5) is 11.8. The summed E-state index contributed by atoms with van der Waals surface area (Å²) in [6.07, 6.45) is 0.939. The minimum Gasteiger partial charge on any atom is -0.412 e. The van der Waals surface area contributed by atoms with E-state index in [-0.39, 0.29) is 17.9 Å². The Balaban J connectivity index is 1.82. The van der Waals surface area contributed by atoms with E-state index < -0.39 is 0 Å². The van der Waals surface area contributed by atoms with Crippen LogP contribution in [0.4, 0.5) is 0 Å². The highest BCUT2D eigenvalue weighted by atomic mass is 16.5. The largest absolute Gasteiger partial charge is 0.412 e. The van der Waals surface area contributed by atoms with Crippen molar-refractivity contribution in [1.29, 1.82) is 0 Å². The molecule has 0 aliphatic heterocycles. The Morgan fingerprint density at radius 2 is 2.05 bits per heavy atom. The molecular weight excluding hydrogens is 270 g/mol. The summed E-state index contributed by atoms with van der Waals surface area (Å²) in [5.74, 6) is -0.0586. The molecule has 0 fully saturated rings. The predicted molar refractivity (Wildman–Crippen MR) is 77.8 cm³/mol. The molecule has 112 valence electrons. The van der Waals surface area contributed by atoms with Crippen LogP contribution in [0.3, 0.4) is 0 Å². The molecule has 6 nitrogen and oxygen atoms in total. The minimum atomic E-state index is -0.366. The van der Waals surface area contributed by atoms with Crippen LogP contribution in [0.1, 0.15) is 31.0 Å². The van der Waals surface area contributed by atoms with Crippen molar-refractivity contribution in [2.24, 2.45) is 0 Å². The van der Waals surface area contributed by atoms with Gasteiger partial charge in [0.2, 0.25) is 5.89 Å². The van der Waals surface area contributed by atoms with Gasteiger partial charge in [-0.2, -0.15) is 0 Å². The number of nitrogens with zero attached hydrogens (tertiary/aromatic N) is 2. The van der Waals surface area contributed by atoms with E-state index in [2.05, 4.69) is 15.5 Å². The van der Waals surface area contributed by atoms with Gasteiger partial charge in [-0.25, -0.2) is 0 Å². The summed E-state index contributed by atoms with van der Waals surface area (Å²) in [5.41, 5.74) is 0.786. The monoisotopic (exact) mass is 289 g/mol. The van der Waals surface area contributed by atoms with Crippen molar-refractivity contribution >= 4 is 5.91 Å². The number of amides is 1. The third-order valence-electron chi connectivity index (χ3n) is 2.70. The maximum absolute atomic E-state index is 11.8. The van der Waals surface area contributed by atoms with Gasteiger partial charge in [0.15, 0.2) is 0 Å². The van der Waals surface area contributed by atoms with Gasteiger partial charge in [-0.1, -0.05) is 18.2 Å². The van der Waals surface area contributed by atoms with E-state index in [0.717, 1.165) is 12.0 Å². The van der Waals surface area contributed by atoms with E-state index in [1.54, 1.807) is 0 Å². The first-order valence-corrected chi connectivity index (χ1v) is 6.95. The van der Waals surface area contributed by atoms with Gasteiger partial charge in [-0.3, -0.25) is 4.79 Å². The minimum absolute atomic E-state index is 0.0290. The number of nitrogens with one attached hydrogen (secondary N) is 1. The van der Waals surface area contributed by atoms with Crippen molar-refractivity contribution in [3.05, 3.63) is 36.2 Å². The van der Waals surface area contributed by atoms with Crippen molar-refractivity contribution in [1.82, 2.24) is 15.5 Å². The van der Waals surface area contributed by atoms with Gasteiger partial charge in [0.05, 0.1) is 6.10 Å². The topological polar surface area (TPSA) is 77.2 Å². The van der Waals surface area contributed by atoms with Crippen LogP contribution in [0.15, 0.2) is 34.7 Å². The molecule has 1 aromatic heterocycles. The first-order valence-electron chi connectivity index (χ1n) is 6.95. The highest BCUT2D eigenvalue weighted by Gasteiger charge is 2.15. The first kappa shape index (κ1) is 15.2. The molecule has 0 saturated carbocycles. The Labute approximate surface area is 123 Å². The number of carbonyl (C=O) groups is 1. The zero-order valence-electron chi connectivity index (χ0n) is 12.2. The van der Waals surface area contributed by atoms with Crippen molar-refractivity contribution in [3.8, 4) is 11.5 Å². The molecule has 0 atom stereocenters. The van der Waals surface area contributed by atoms with Crippen LogP contribution in [0.5, 0.6) is 0 Å². The molecule has 0 aliphatic carbocycles. The Morgan fingerprint density at radius 3 is 2.76 bits per heavy atom. The molecule has 2 aromatic rings. The van der Waals surface area contributed by atoms with Crippen molar-refractivity contribution in [3.63, 3.8) is 0 Å². The summed E-state index contributed by atoms with van der Waals surface area (Å²) < 4.78 is 10.7. The number of hydrogen-bond acceptors (Lipinski definition) is 5. The Kier molecular flexibility index (Phi) is 5.45. The Bertz CT molecular complexity index is 567. The molecule has 2 rings (SSSR count). The zero-order chi connectivity index (χ0) is 15.1. The van der Waals surface area contributed by atoms with E-state index in [9.17, 15) is 4.79 Å². The number of rotatable bonds is 7. The van der Waals surface area contributed by atoms with Gasteiger partial charge < -0.3 is 14.5 Å². The lowest BCUT2D eigenvalue weighted by atomic mass is 10.2. The lowest BCUT2D eigenvalue weighted by Crippen LogP contribution is -2.25. The maximum atomic E-state index is 11.8. The molecule has 0 radical (unpaired) electrons. The van der Waals surface area contributed by atoms with E-state index in [0.29, 0.717) is 19.0 Å². The van der Waals surface area contributed by atoms with Crippen molar-refractivity contribution < 1.29 is 13.9 Å². The molecule has 1 N–H and O–H groups in total. The number of hydrogen-bond donors (Lipinski definition) is 1. The number of benzene rings is 1. The number of ether oxygens (including phenoxy) is 1. The molecule has 6 heteroatoms. The second-order valence-corrected chi connectivity index (χ2v) is 4.81. The fraction of sp³-hybridized carbons (Fsp3) is 0.400. The van der Waals surface area contributed by atoms with E-state index in [1.165, 1.54) is 0 Å². The first-order chi connectivity index (χ1) is 10.2. The quantitative estimate of drug-likeness (QED) is 0.791. The van der Waals surface area contributed by atoms with Crippen molar-refractivity contribution in [2.45, 2.75) is 26.4 Å². The van der Waals surface area contributed by atoms with Gasteiger partial charge in [-0.15, -0.1) is 10.2 Å². The van der Waals surface area contributed by atoms with Crippen LogP contribution in [-0.2, 0) is 4.74 Å². The average molecular weight is 289 g/mol. The van der Waals surface area contributed by atoms with Crippen LogP contribution in [0.25, 0.3) is 11.5 Å². The van der Waals surface area contributed by atoms with Gasteiger partial charge in [-0.05, 0) is 32.4 Å². The highest BCUT2D eigenvalue weighted by molar-refractivity contribution is 5.89. The predicted octanol–water partition coefficient (Wildman–Crippen LogP) is 2.28. The third kappa shape index (κ3) is 4.68. The second-order valence-electron chi connectivity index (χ2n) is 4.81. The molecule has 0 spiro atoms. The van der Waals surface area contributed by atoms with Gasteiger partial charge in [0.1, 0.15) is 0 Å². The summed E-state index contributed by atoms with van der Waals surface area (Å²) in [5, 5.41) is 10.4. The van der Waals surface area contributed by atoms with E-state index >= 15 is 0 Å². The maximum Gasteiger partial charge on any atom is 0.308 e. The SMILES string of the molecule is CC(C)OCCCNC(=O)c1nnc(-c2ccccc2)o1. The number of aromatic nitrogens is 2. The van der Waals surface area contributed by atoms with E-state index in [1.807, 2.05) is 44.2 Å². The third-order valence-corrected chi connectivity index (χ3v) is 2.70. The van der Waals surface area contributed by atoms with Crippen LogP contribution in [0, 0.1) is 0 Å². The summed E-state index contributed by atoms with van der Waals surface area (Å²) in [7, 11) is 0. The van der Waals surface area contributed by atoms with Gasteiger partial charge in [0.25, 0.3) is 0 Å². The lowest BCUT2D eigenvalue weighted by molar-refractivity contribution is 0.0752. The fourth-order valence-corrected chi connectivity index (χ4v) is 1.68. The van der Waals surface area contributed by atoms with Gasteiger partial charge in [0, 0.05) is 18.7 Å². The van der Waals surface area contributed by atoms with Crippen LogP contribution in [0.2, 0.25) is 0 Å². The molecule has 0 saturated heterocycles. The zero-order valence-corrected chi connectivity index (χ0v) is 12.2. The normalized spacial score (nSPS) is 10.8. The molecule has 1 amide bonds. The smallest absolute Gasteiger partial charge is 0.308 e. The Hall–Kier alpha value is -2.21. The second kappa shape index (κ2) is 7.54. The molecule has 0 bridgehead atoms. The highest BCUT2D eigenvalue weighted by Crippen LogP contribution is 2.16. The molecule has 0 unspecified atom stereocenters. The van der Waals surface area contributed by atoms with Crippen molar-refractivity contribution in [2.75, 3.05) is 13.2 Å². The Morgan fingerprint density at radius 1 is 1.29 bits per heavy atom. The van der Waals surface area contributed by atoms with Crippen LogP contribution < -0.4 is 5.32 Å². The van der Waals surface area contributed by atoms with E-state index in [4.69, 9.17) is 9.15 Å². The molecule has 1 aromatic carbocycles.